The molecule has 0 aliphatic carbocycles. The summed E-state index contributed by atoms with van der Waals surface area (Å²) in [4.78, 5) is 12.2. The Hall–Kier alpha value is -1.85. The molecule has 1 aromatic carbocycles. The first kappa shape index (κ1) is 13.1. The minimum Gasteiger partial charge on any atom is -0.491 e. The lowest BCUT2D eigenvalue weighted by Gasteiger charge is -2.12. The molecule has 1 amide bonds. The van der Waals surface area contributed by atoms with Gasteiger partial charge in [-0.3, -0.25) is 4.79 Å². The molecule has 2 aromatic rings. The zero-order valence-electron chi connectivity index (χ0n) is 10.1. The number of hydrogen-bond acceptors (Lipinski definition) is 4. The highest BCUT2D eigenvalue weighted by molar-refractivity contribution is 6.34. The molecule has 5 nitrogen and oxygen atoms in total. The van der Waals surface area contributed by atoms with Crippen LogP contribution in [0.4, 0.5) is 0 Å². The SMILES string of the molecule is O=C(NC1COc2ccccc21)c1cc(Cl)nnc1Cl. The number of fused-ring (bicyclic) bond motifs is 1. The topological polar surface area (TPSA) is 64.1 Å². The van der Waals surface area contributed by atoms with Crippen molar-refractivity contribution < 1.29 is 9.53 Å². The normalized spacial score (nSPS) is 16.4. The third-order valence-corrected chi connectivity index (χ3v) is 3.43. The zero-order chi connectivity index (χ0) is 14.1. The van der Waals surface area contributed by atoms with Crippen molar-refractivity contribution in [1.82, 2.24) is 15.5 Å². The summed E-state index contributed by atoms with van der Waals surface area (Å²) in [6.07, 6.45) is 0. The average molecular weight is 310 g/mol. The molecule has 3 rings (SSSR count). The number of aromatic nitrogens is 2. The summed E-state index contributed by atoms with van der Waals surface area (Å²) >= 11 is 11.6. The molecule has 0 spiro atoms. The van der Waals surface area contributed by atoms with Crippen LogP contribution < -0.4 is 10.1 Å². The first-order valence-electron chi connectivity index (χ1n) is 5.86. The van der Waals surface area contributed by atoms with Gasteiger partial charge in [0.15, 0.2) is 10.3 Å². The van der Waals surface area contributed by atoms with E-state index < -0.39 is 0 Å². The van der Waals surface area contributed by atoms with Crippen LogP contribution in [0.3, 0.4) is 0 Å². The molecule has 0 saturated carbocycles. The third kappa shape index (κ3) is 2.42. The lowest BCUT2D eigenvalue weighted by atomic mass is 10.1. The van der Waals surface area contributed by atoms with E-state index in [0.717, 1.165) is 11.3 Å². The Bertz CT molecular complexity index is 678. The van der Waals surface area contributed by atoms with Crippen LogP contribution in [0.25, 0.3) is 0 Å². The quantitative estimate of drug-likeness (QED) is 0.926. The Morgan fingerprint density at radius 3 is 2.95 bits per heavy atom. The van der Waals surface area contributed by atoms with Crippen molar-refractivity contribution in [2.75, 3.05) is 6.61 Å². The van der Waals surface area contributed by atoms with Crippen LogP contribution in [-0.2, 0) is 0 Å². The second kappa shape index (κ2) is 5.26. The van der Waals surface area contributed by atoms with Crippen LogP contribution in [0.2, 0.25) is 10.3 Å². The van der Waals surface area contributed by atoms with Crippen molar-refractivity contribution in [2.45, 2.75) is 6.04 Å². The van der Waals surface area contributed by atoms with Gasteiger partial charge in [0.05, 0.1) is 11.6 Å². The van der Waals surface area contributed by atoms with Gasteiger partial charge in [-0.05, 0) is 12.1 Å². The van der Waals surface area contributed by atoms with Crippen LogP contribution in [-0.4, -0.2) is 22.7 Å². The Kier molecular flexibility index (Phi) is 3.46. The Morgan fingerprint density at radius 1 is 1.30 bits per heavy atom. The van der Waals surface area contributed by atoms with Crippen LogP contribution >= 0.6 is 23.2 Å². The number of rotatable bonds is 2. The Morgan fingerprint density at radius 2 is 2.10 bits per heavy atom. The molecule has 1 aliphatic heterocycles. The fraction of sp³-hybridized carbons (Fsp3) is 0.154. The van der Waals surface area contributed by atoms with Crippen molar-refractivity contribution in [3.8, 4) is 5.75 Å². The lowest BCUT2D eigenvalue weighted by molar-refractivity contribution is 0.0930. The summed E-state index contributed by atoms with van der Waals surface area (Å²) in [6.45, 7) is 0.384. The average Bonchev–Trinajstić information content (AvgIpc) is 2.85. The van der Waals surface area contributed by atoms with Gasteiger partial charge in [0.1, 0.15) is 12.4 Å². The standard InChI is InChI=1S/C13H9Cl2N3O2/c14-11-5-8(12(15)18-17-11)13(19)16-9-6-20-10-4-2-1-3-7(9)10/h1-5,9H,6H2,(H,16,19). The second-order valence-corrected chi connectivity index (χ2v) is 4.99. The fourth-order valence-corrected chi connectivity index (χ4v) is 2.36. The van der Waals surface area contributed by atoms with Crippen molar-refractivity contribution >= 4 is 29.1 Å². The number of ether oxygens (including phenoxy) is 1. The summed E-state index contributed by atoms with van der Waals surface area (Å²) in [5.74, 6) is 0.409. The van der Waals surface area contributed by atoms with Crippen LogP contribution in [0.1, 0.15) is 22.0 Å². The van der Waals surface area contributed by atoms with Crippen molar-refractivity contribution in [1.29, 1.82) is 0 Å². The third-order valence-electron chi connectivity index (χ3n) is 2.97. The first-order valence-corrected chi connectivity index (χ1v) is 6.62. The van der Waals surface area contributed by atoms with Crippen LogP contribution in [0.5, 0.6) is 5.75 Å². The van der Waals surface area contributed by atoms with Gasteiger partial charge < -0.3 is 10.1 Å². The highest BCUT2D eigenvalue weighted by atomic mass is 35.5. The van der Waals surface area contributed by atoms with E-state index >= 15 is 0 Å². The molecular weight excluding hydrogens is 301 g/mol. The molecule has 1 unspecified atom stereocenters. The summed E-state index contributed by atoms with van der Waals surface area (Å²) in [6, 6.07) is 8.71. The molecule has 20 heavy (non-hydrogen) atoms. The van der Waals surface area contributed by atoms with Crippen molar-refractivity contribution in [2.24, 2.45) is 0 Å². The number of benzene rings is 1. The second-order valence-electron chi connectivity index (χ2n) is 4.25. The number of nitrogens with one attached hydrogen (secondary N) is 1. The lowest BCUT2D eigenvalue weighted by Crippen LogP contribution is -2.29. The molecule has 1 aliphatic rings. The van der Waals surface area contributed by atoms with Crippen LogP contribution in [0.15, 0.2) is 30.3 Å². The number of carbonyl (C=O) groups is 1. The molecule has 0 saturated heterocycles. The maximum Gasteiger partial charge on any atom is 0.255 e. The minimum absolute atomic E-state index is 0.0131. The van der Waals surface area contributed by atoms with E-state index in [-0.39, 0.29) is 27.8 Å². The first-order chi connectivity index (χ1) is 9.65. The molecule has 7 heteroatoms. The molecule has 1 aromatic heterocycles. The number of para-hydroxylation sites is 1. The van der Waals surface area contributed by atoms with Gasteiger partial charge in [-0.25, -0.2) is 0 Å². The largest absolute Gasteiger partial charge is 0.491 e. The van der Waals surface area contributed by atoms with E-state index in [1.807, 2.05) is 24.3 Å². The number of hydrogen-bond donors (Lipinski definition) is 1. The summed E-state index contributed by atoms with van der Waals surface area (Å²) < 4.78 is 5.50. The molecule has 102 valence electrons. The maximum absolute atomic E-state index is 12.2. The maximum atomic E-state index is 12.2. The number of halogens is 2. The van der Waals surface area contributed by atoms with E-state index in [4.69, 9.17) is 27.9 Å². The van der Waals surface area contributed by atoms with Gasteiger partial charge in [0.25, 0.3) is 5.91 Å². The van der Waals surface area contributed by atoms with E-state index in [1.54, 1.807) is 0 Å². The molecular formula is C13H9Cl2N3O2. The molecule has 2 heterocycles. The van der Waals surface area contributed by atoms with Gasteiger partial charge in [-0.15, -0.1) is 10.2 Å². The summed E-state index contributed by atoms with van der Waals surface area (Å²) in [7, 11) is 0. The van der Waals surface area contributed by atoms with Gasteiger partial charge >= 0.3 is 0 Å². The number of carbonyl (C=O) groups excluding carboxylic acids is 1. The van der Waals surface area contributed by atoms with Gasteiger partial charge in [-0.2, -0.15) is 0 Å². The highest BCUT2D eigenvalue weighted by Crippen LogP contribution is 2.32. The van der Waals surface area contributed by atoms with Crippen LogP contribution in [0, 0.1) is 0 Å². The Balaban J connectivity index is 1.82. The zero-order valence-corrected chi connectivity index (χ0v) is 11.6. The Labute approximate surface area is 124 Å². The van der Waals surface area contributed by atoms with Crippen molar-refractivity contribution in [3.63, 3.8) is 0 Å². The molecule has 1 atom stereocenters. The predicted octanol–water partition coefficient (Wildman–Crippen LogP) is 2.65. The van der Waals surface area contributed by atoms with Gasteiger partial charge in [-0.1, -0.05) is 41.4 Å². The number of amides is 1. The molecule has 0 radical (unpaired) electrons. The number of nitrogens with zero attached hydrogens (tertiary/aromatic N) is 2. The fourth-order valence-electron chi connectivity index (χ4n) is 2.03. The van der Waals surface area contributed by atoms with E-state index in [1.165, 1.54) is 6.07 Å². The van der Waals surface area contributed by atoms with E-state index in [2.05, 4.69) is 15.5 Å². The summed E-state index contributed by atoms with van der Waals surface area (Å²) in [5.41, 5.74) is 1.13. The smallest absolute Gasteiger partial charge is 0.255 e. The van der Waals surface area contributed by atoms with Gasteiger partial charge in [0, 0.05) is 5.56 Å². The predicted molar refractivity (Wildman–Crippen MR) is 74.2 cm³/mol. The van der Waals surface area contributed by atoms with Crippen molar-refractivity contribution in [3.05, 3.63) is 51.8 Å². The molecule has 1 N–H and O–H groups in total. The minimum atomic E-state index is -0.364. The molecule has 0 bridgehead atoms. The highest BCUT2D eigenvalue weighted by Gasteiger charge is 2.26. The monoisotopic (exact) mass is 309 g/mol. The van der Waals surface area contributed by atoms with Gasteiger partial charge in [0.2, 0.25) is 0 Å². The molecule has 0 fully saturated rings. The summed E-state index contributed by atoms with van der Waals surface area (Å²) in [5, 5.41) is 10.1. The van der Waals surface area contributed by atoms with E-state index in [9.17, 15) is 4.79 Å². The van der Waals surface area contributed by atoms with E-state index in [0.29, 0.717) is 6.61 Å².